The van der Waals surface area contributed by atoms with Gasteiger partial charge in [-0.25, -0.2) is 14.8 Å². The van der Waals surface area contributed by atoms with Crippen molar-refractivity contribution in [3.63, 3.8) is 0 Å². The second-order valence-corrected chi connectivity index (χ2v) is 8.19. The van der Waals surface area contributed by atoms with Gasteiger partial charge in [0.05, 0.1) is 13.2 Å². The van der Waals surface area contributed by atoms with Crippen LogP contribution < -0.4 is 21.1 Å². The first-order valence-corrected chi connectivity index (χ1v) is 10.6. The SMILES string of the molecule is Cc1c(-c2cc(N)c3cnc(NC(=O)O[C@@H]4COC[C@@H]4C)cc3c2)cnc2c1NCCO2. The summed E-state index contributed by atoms with van der Waals surface area (Å²) in [5, 5.41) is 7.71. The van der Waals surface area contributed by atoms with E-state index < -0.39 is 6.09 Å². The standard InChI is InChI=1S/C23H25N5O4/c1-12-10-30-11-19(12)32-23(29)28-20-7-15-5-14(6-18(24)17(15)9-26-20)16-8-27-22-21(13(16)2)25-3-4-31-22/h5-9,12,19,25H,3-4,10-11,24H2,1-2H3,(H,26,28,29)/t12-,19+/m0/s1. The lowest BCUT2D eigenvalue weighted by Gasteiger charge is -2.21. The van der Waals surface area contributed by atoms with Crippen LogP contribution in [0.4, 0.5) is 22.0 Å². The van der Waals surface area contributed by atoms with E-state index >= 15 is 0 Å². The maximum Gasteiger partial charge on any atom is 0.413 e. The lowest BCUT2D eigenvalue weighted by Crippen LogP contribution is -2.27. The molecule has 4 N–H and O–H groups in total. The highest BCUT2D eigenvalue weighted by molar-refractivity contribution is 5.99. The van der Waals surface area contributed by atoms with E-state index in [2.05, 4.69) is 20.6 Å². The normalized spacial score (nSPS) is 19.7. The molecular formula is C23H25N5O4. The minimum Gasteiger partial charge on any atom is -0.474 e. The highest BCUT2D eigenvalue weighted by atomic mass is 16.6. The van der Waals surface area contributed by atoms with Crippen LogP contribution in [0.5, 0.6) is 5.88 Å². The number of fused-ring (bicyclic) bond motifs is 2. The van der Waals surface area contributed by atoms with Crippen molar-refractivity contribution in [3.8, 4) is 17.0 Å². The van der Waals surface area contributed by atoms with Gasteiger partial charge in [-0.05, 0) is 41.6 Å². The van der Waals surface area contributed by atoms with Crippen LogP contribution in [0, 0.1) is 12.8 Å². The van der Waals surface area contributed by atoms with Gasteiger partial charge in [0.1, 0.15) is 24.2 Å². The van der Waals surface area contributed by atoms with Gasteiger partial charge in [-0.1, -0.05) is 6.92 Å². The molecule has 3 aromatic rings. The second-order valence-electron chi connectivity index (χ2n) is 8.19. The van der Waals surface area contributed by atoms with Crippen LogP contribution in [-0.4, -0.2) is 48.5 Å². The number of nitrogen functional groups attached to an aromatic ring is 1. The Hall–Kier alpha value is -3.59. The highest BCUT2D eigenvalue weighted by Crippen LogP contribution is 2.37. The number of rotatable bonds is 3. The van der Waals surface area contributed by atoms with E-state index in [0.717, 1.165) is 39.7 Å². The largest absolute Gasteiger partial charge is 0.474 e. The number of benzene rings is 1. The van der Waals surface area contributed by atoms with Gasteiger partial charge >= 0.3 is 6.09 Å². The van der Waals surface area contributed by atoms with Crippen LogP contribution in [0.15, 0.2) is 30.6 Å². The molecule has 0 bridgehead atoms. The molecule has 2 aliphatic heterocycles. The minimum absolute atomic E-state index is 0.168. The van der Waals surface area contributed by atoms with Crippen molar-refractivity contribution in [2.24, 2.45) is 5.92 Å². The quantitative estimate of drug-likeness (QED) is 0.534. The predicted molar refractivity (Wildman–Crippen MR) is 122 cm³/mol. The van der Waals surface area contributed by atoms with Gasteiger partial charge in [0, 0.05) is 41.5 Å². The lowest BCUT2D eigenvalue weighted by atomic mass is 9.98. The van der Waals surface area contributed by atoms with Crippen molar-refractivity contribution >= 4 is 34.1 Å². The number of hydrogen-bond donors (Lipinski definition) is 3. The number of ether oxygens (including phenoxy) is 3. The molecule has 9 nitrogen and oxygen atoms in total. The third-order valence-electron chi connectivity index (χ3n) is 5.91. The Balaban J connectivity index is 1.44. The Labute approximate surface area is 185 Å². The molecule has 0 radical (unpaired) electrons. The number of anilines is 3. The Bertz CT molecular complexity index is 1200. The number of nitrogens with zero attached hydrogens (tertiary/aromatic N) is 2. The molecule has 2 aromatic heterocycles. The molecule has 0 unspecified atom stereocenters. The van der Waals surface area contributed by atoms with Gasteiger partial charge in [-0.3, -0.25) is 5.32 Å². The maximum atomic E-state index is 12.3. The Morgan fingerprint density at radius 1 is 1.25 bits per heavy atom. The van der Waals surface area contributed by atoms with Crippen molar-refractivity contribution in [3.05, 3.63) is 36.2 Å². The zero-order chi connectivity index (χ0) is 22.2. The third-order valence-corrected chi connectivity index (χ3v) is 5.91. The van der Waals surface area contributed by atoms with Crippen molar-refractivity contribution in [2.75, 3.05) is 42.7 Å². The molecule has 9 heteroatoms. The smallest absolute Gasteiger partial charge is 0.413 e. The fraction of sp³-hybridized carbons (Fsp3) is 0.348. The molecule has 2 aliphatic rings. The Morgan fingerprint density at radius 3 is 2.94 bits per heavy atom. The van der Waals surface area contributed by atoms with Gasteiger partial charge in [-0.2, -0.15) is 0 Å². The molecule has 1 aromatic carbocycles. The molecule has 166 valence electrons. The summed E-state index contributed by atoms with van der Waals surface area (Å²) >= 11 is 0. The van der Waals surface area contributed by atoms with Crippen molar-refractivity contribution in [2.45, 2.75) is 20.0 Å². The minimum atomic E-state index is -0.552. The molecule has 32 heavy (non-hydrogen) atoms. The van der Waals surface area contributed by atoms with Crippen LogP contribution in [0.3, 0.4) is 0 Å². The van der Waals surface area contributed by atoms with E-state index in [1.54, 1.807) is 18.5 Å². The van der Waals surface area contributed by atoms with Crippen LogP contribution in [0.1, 0.15) is 12.5 Å². The fourth-order valence-electron chi connectivity index (χ4n) is 4.09. The van der Waals surface area contributed by atoms with Crippen LogP contribution in [0.2, 0.25) is 0 Å². The predicted octanol–water partition coefficient (Wildman–Crippen LogP) is 3.58. The summed E-state index contributed by atoms with van der Waals surface area (Å²) in [6.07, 6.45) is 2.64. The first-order valence-electron chi connectivity index (χ1n) is 10.6. The molecule has 1 amide bonds. The molecular weight excluding hydrogens is 410 g/mol. The summed E-state index contributed by atoms with van der Waals surface area (Å²) in [5.41, 5.74) is 10.7. The number of carbonyl (C=O) groups is 1. The molecule has 0 spiro atoms. The fourth-order valence-corrected chi connectivity index (χ4v) is 4.09. The van der Waals surface area contributed by atoms with Gasteiger partial charge in [0.25, 0.3) is 0 Å². The van der Waals surface area contributed by atoms with Crippen LogP contribution in [0.25, 0.3) is 21.9 Å². The molecule has 2 atom stereocenters. The summed E-state index contributed by atoms with van der Waals surface area (Å²) in [4.78, 5) is 21.1. The topological polar surface area (TPSA) is 121 Å². The molecule has 4 heterocycles. The van der Waals surface area contributed by atoms with Crippen molar-refractivity contribution < 1.29 is 19.0 Å². The van der Waals surface area contributed by atoms with Gasteiger partial charge in [-0.15, -0.1) is 0 Å². The van der Waals surface area contributed by atoms with E-state index in [-0.39, 0.29) is 12.0 Å². The summed E-state index contributed by atoms with van der Waals surface area (Å²) in [5.74, 6) is 1.17. The molecule has 1 saturated heterocycles. The first-order chi connectivity index (χ1) is 15.5. The van der Waals surface area contributed by atoms with E-state index in [9.17, 15) is 4.79 Å². The zero-order valence-electron chi connectivity index (χ0n) is 18.0. The number of amides is 1. The molecule has 5 rings (SSSR count). The van der Waals surface area contributed by atoms with Crippen molar-refractivity contribution in [1.82, 2.24) is 9.97 Å². The summed E-state index contributed by atoms with van der Waals surface area (Å²) in [6, 6.07) is 5.71. The third kappa shape index (κ3) is 3.75. The average molecular weight is 435 g/mol. The molecule has 0 aliphatic carbocycles. The van der Waals surface area contributed by atoms with Crippen molar-refractivity contribution in [1.29, 1.82) is 0 Å². The maximum absolute atomic E-state index is 12.3. The first kappa shape index (κ1) is 20.3. The lowest BCUT2D eigenvalue weighted by molar-refractivity contribution is 0.0843. The van der Waals surface area contributed by atoms with E-state index in [4.69, 9.17) is 19.9 Å². The summed E-state index contributed by atoms with van der Waals surface area (Å²) < 4.78 is 16.4. The second kappa shape index (κ2) is 8.16. The summed E-state index contributed by atoms with van der Waals surface area (Å²) in [6.45, 7) is 6.35. The highest BCUT2D eigenvalue weighted by Gasteiger charge is 2.28. The average Bonchev–Trinajstić information content (AvgIpc) is 3.18. The van der Waals surface area contributed by atoms with Gasteiger partial charge < -0.3 is 25.3 Å². The van der Waals surface area contributed by atoms with Gasteiger partial charge in [0.15, 0.2) is 0 Å². The summed E-state index contributed by atoms with van der Waals surface area (Å²) in [7, 11) is 0. The number of nitrogens with one attached hydrogen (secondary N) is 2. The number of hydrogen-bond acceptors (Lipinski definition) is 8. The number of nitrogens with two attached hydrogens (primary N) is 1. The van der Waals surface area contributed by atoms with Crippen LogP contribution in [-0.2, 0) is 9.47 Å². The molecule has 1 fully saturated rings. The van der Waals surface area contributed by atoms with E-state index in [1.807, 2.05) is 26.0 Å². The van der Waals surface area contributed by atoms with E-state index in [1.165, 1.54) is 0 Å². The van der Waals surface area contributed by atoms with E-state index in [0.29, 0.717) is 37.2 Å². The van der Waals surface area contributed by atoms with Crippen LogP contribution >= 0.6 is 0 Å². The number of pyridine rings is 2. The number of carbonyl (C=O) groups excluding carboxylic acids is 1. The molecule has 0 saturated carbocycles. The van der Waals surface area contributed by atoms with Gasteiger partial charge in [0.2, 0.25) is 5.88 Å². The zero-order valence-corrected chi connectivity index (χ0v) is 18.0. The Kier molecular flexibility index (Phi) is 5.18. The monoisotopic (exact) mass is 435 g/mol. The number of aromatic nitrogens is 2. The Morgan fingerprint density at radius 2 is 2.12 bits per heavy atom.